The van der Waals surface area contributed by atoms with Crippen LogP contribution >= 0.6 is 0 Å². The molecule has 0 aromatic rings. The van der Waals surface area contributed by atoms with Crippen LogP contribution in [-0.2, 0) is 0 Å². The highest BCUT2D eigenvalue weighted by Crippen LogP contribution is 2.32. The van der Waals surface area contributed by atoms with Gasteiger partial charge in [-0.15, -0.1) is 0 Å². The lowest BCUT2D eigenvalue weighted by Gasteiger charge is -2.07. The number of fused-ring (bicyclic) bond motifs is 1. The van der Waals surface area contributed by atoms with Crippen molar-refractivity contribution in [3.05, 3.63) is 6.54 Å². The van der Waals surface area contributed by atoms with Gasteiger partial charge in [-0.1, -0.05) is 6.42 Å². The topological polar surface area (TPSA) is 3.01 Å². The first kappa shape index (κ1) is 3.90. The third-order valence-electron chi connectivity index (χ3n) is 1.87. The minimum atomic E-state index is 0.911. The third-order valence-corrected chi connectivity index (χ3v) is 1.87. The highest BCUT2D eigenvalue weighted by molar-refractivity contribution is 5.03. The molecule has 2 heterocycles. The molecule has 0 saturated carbocycles. The van der Waals surface area contributed by atoms with Crippen LogP contribution in [0, 0.1) is 6.54 Å². The molecule has 0 aliphatic carbocycles. The summed E-state index contributed by atoms with van der Waals surface area (Å²) in [4.78, 5) is 2.43. The van der Waals surface area contributed by atoms with Crippen LogP contribution in [0.3, 0.4) is 0 Å². The highest BCUT2D eigenvalue weighted by atomic mass is 15.3. The summed E-state index contributed by atoms with van der Waals surface area (Å²) in [5, 5.41) is 0. The van der Waals surface area contributed by atoms with E-state index in [4.69, 9.17) is 0 Å². The van der Waals surface area contributed by atoms with Crippen molar-refractivity contribution in [3.63, 3.8) is 0 Å². The fourth-order valence-electron chi connectivity index (χ4n) is 1.31. The maximum atomic E-state index is 2.43. The molecule has 2 aliphatic rings. The highest BCUT2D eigenvalue weighted by Gasteiger charge is 2.35. The van der Waals surface area contributed by atoms with Crippen molar-refractivity contribution in [1.82, 2.24) is 4.90 Å². The van der Waals surface area contributed by atoms with Crippen LogP contribution in [-0.4, -0.2) is 17.5 Å². The smallest absolute Gasteiger partial charge is 0.0426 e. The van der Waals surface area contributed by atoms with Gasteiger partial charge in [-0.05, 0) is 19.4 Å². The van der Waals surface area contributed by atoms with Gasteiger partial charge in [-0.2, -0.15) is 0 Å². The van der Waals surface area contributed by atoms with Crippen molar-refractivity contribution in [2.24, 2.45) is 0 Å². The molecule has 0 N–H and O–H groups in total. The fraction of sp³-hybridized carbons (Fsp3) is 0.833. The Bertz CT molecular complexity index is 70.2. The van der Waals surface area contributed by atoms with E-state index < -0.39 is 0 Å². The van der Waals surface area contributed by atoms with E-state index in [1.807, 2.05) is 0 Å². The lowest BCUT2D eigenvalue weighted by atomic mass is 10.1. The first-order valence-corrected chi connectivity index (χ1v) is 3.07. The van der Waals surface area contributed by atoms with Gasteiger partial charge in [-0.3, -0.25) is 4.90 Å². The monoisotopic (exact) mass is 96.1 g/mol. The number of hydrogen-bond donors (Lipinski definition) is 0. The molecule has 0 spiro atoms. The van der Waals surface area contributed by atoms with Gasteiger partial charge in [0.2, 0.25) is 0 Å². The Balaban J connectivity index is 1.95. The molecule has 2 saturated heterocycles. The van der Waals surface area contributed by atoms with Crippen LogP contribution in [0.25, 0.3) is 0 Å². The summed E-state index contributed by atoms with van der Waals surface area (Å²) < 4.78 is 0. The zero-order chi connectivity index (χ0) is 4.69. The van der Waals surface area contributed by atoms with E-state index >= 15 is 0 Å². The Kier molecular flexibility index (Phi) is 0.680. The predicted molar refractivity (Wildman–Crippen MR) is 28.6 cm³/mol. The Labute approximate surface area is 44.3 Å². The number of nitrogens with zero attached hydrogens (tertiary/aromatic N) is 1. The first-order valence-electron chi connectivity index (χ1n) is 3.07. The molecule has 0 bridgehead atoms. The summed E-state index contributed by atoms with van der Waals surface area (Å²) >= 11 is 0. The van der Waals surface area contributed by atoms with Gasteiger partial charge in [0, 0.05) is 12.6 Å². The van der Waals surface area contributed by atoms with Gasteiger partial charge < -0.3 is 0 Å². The van der Waals surface area contributed by atoms with Gasteiger partial charge in [-0.25, -0.2) is 0 Å². The first-order chi connectivity index (χ1) is 3.47. The zero-order valence-electron chi connectivity index (χ0n) is 4.43. The molecule has 2 aliphatic heterocycles. The van der Waals surface area contributed by atoms with Crippen molar-refractivity contribution < 1.29 is 0 Å². The molecule has 2 rings (SSSR count). The number of piperidine rings is 1. The molecule has 2 unspecified atom stereocenters. The molecule has 39 valence electrons. The molecule has 7 heavy (non-hydrogen) atoms. The van der Waals surface area contributed by atoms with E-state index in [2.05, 4.69) is 11.4 Å². The summed E-state index contributed by atoms with van der Waals surface area (Å²) in [6.45, 7) is 3.68. The second-order valence-electron chi connectivity index (χ2n) is 2.45. The summed E-state index contributed by atoms with van der Waals surface area (Å²) in [5.74, 6) is 0. The summed E-state index contributed by atoms with van der Waals surface area (Å²) in [6, 6.07) is 0.911. The quantitative estimate of drug-likeness (QED) is 0.407. The van der Waals surface area contributed by atoms with Gasteiger partial charge in [0.15, 0.2) is 0 Å². The molecule has 0 aromatic carbocycles. The lowest BCUT2D eigenvalue weighted by Crippen LogP contribution is -2.09. The molecule has 1 nitrogen and oxygen atoms in total. The van der Waals surface area contributed by atoms with Gasteiger partial charge in [0.25, 0.3) is 0 Å². The average Bonchev–Trinajstić information content (AvgIpc) is 2.41. The number of hydrogen-bond acceptors (Lipinski definition) is 1. The van der Waals surface area contributed by atoms with Crippen LogP contribution in [0.15, 0.2) is 0 Å². The molecule has 1 heteroatoms. The van der Waals surface area contributed by atoms with Crippen LogP contribution in [0.4, 0.5) is 0 Å². The molecule has 1 radical (unpaired) electrons. The lowest BCUT2D eigenvalue weighted by molar-refractivity contribution is 0.414. The summed E-state index contributed by atoms with van der Waals surface area (Å²) in [5.41, 5.74) is 0. The van der Waals surface area contributed by atoms with E-state index in [0.717, 1.165) is 6.04 Å². The van der Waals surface area contributed by atoms with Gasteiger partial charge >= 0.3 is 0 Å². The van der Waals surface area contributed by atoms with Crippen LogP contribution in [0.1, 0.15) is 19.3 Å². The summed E-state index contributed by atoms with van der Waals surface area (Å²) in [7, 11) is 0. The second kappa shape index (κ2) is 1.22. The molecular weight excluding hydrogens is 86.1 g/mol. The SMILES string of the molecule is [CH]1C2CCCCN12. The predicted octanol–water partition coefficient (Wildman–Crippen LogP) is 1.02. The van der Waals surface area contributed by atoms with Crippen molar-refractivity contribution in [2.45, 2.75) is 25.3 Å². The van der Waals surface area contributed by atoms with Crippen molar-refractivity contribution >= 4 is 0 Å². The van der Waals surface area contributed by atoms with Crippen molar-refractivity contribution in [2.75, 3.05) is 6.54 Å². The number of rotatable bonds is 0. The summed E-state index contributed by atoms with van der Waals surface area (Å²) in [6.07, 6.45) is 4.31. The van der Waals surface area contributed by atoms with Crippen LogP contribution in [0.5, 0.6) is 0 Å². The largest absolute Gasteiger partial charge is 0.293 e. The standard InChI is InChI=1S/C6H10N/c1-2-4-7-5-6(7)3-1/h5-6H,1-4H2. The van der Waals surface area contributed by atoms with E-state index in [0.29, 0.717) is 0 Å². The maximum absolute atomic E-state index is 2.43. The Morgan fingerprint density at radius 3 is 3.00 bits per heavy atom. The molecule has 0 amide bonds. The van der Waals surface area contributed by atoms with E-state index in [9.17, 15) is 0 Å². The molecule has 2 atom stereocenters. The zero-order valence-corrected chi connectivity index (χ0v) is 4.43. The Morgan fingerprint density at radius 2 is 2.43 bits per heavy atom. The normalized spacial score (nSPS) is 48.0. The minimum absolute atomic E-state index is 0.911. The maximum Gasteiger partial charge on any atom is 0.0426 e. The van der Waals surface area contributed by atoms with Gasteiger partial charge in [0.1, 0.15) is 0 Å². The van der Waals surface area contributed by atoms with E-state index in [-0.39, 0.29) is 0 Å². The second-order valence-corrected chi connectivity index (χ2v) is 2.45. The van der Waals surface area contributed by atoms with E-state index in [1.165, 1.54) is 25.8 Å². The van der Waals surface area contributed by atoms with Crippen LogP contribution in [0.2, 0.25) is 0 Å². The van der Waals surface area contributed by atoms with Crippen molar-refractivity contribution in [1.29, 1.82) is 0 Å². The molecule has 2 fully saturated rings. The third kappa shape index (κ3) is 0.556. The molecule has 0 aromatic heterocycles. The van der Waals surface area contributed by atoms with Crippen molar-refractivity contribution in [3.8, 4) is 0 Å². The molecular formula is C6H10N. The fourth-order valence-corrected chi connectivity index (χ4v) is 1.31. The van der Waals surface area contributed by atoms with Crippen LogP contribution < -0.4 is 0 Å². The van der Waals surface area contributed by atoms with Gasteiger partial charge in [0.05, 0.1) is 0 Å². The Morgan fingerprint density at radius 1 is 1.43 bits per heavy atom. The average molecular weight is 96.2 g/mol. The van der Waals surface area contributed by atoms with E-state index in [1.54, 1.807) is 0 Å². The minimum Gasteiger partial charge on any atom is -0.293 e. The Hall–Kier alpha value is -0.0400.